The van der Waals surface area contributed by atoms with E-state index in [0.717, 1.165) is 0 Å². The topological polar surface area (TPSA) is 92.8 Å². The van der Waals surface area contributed by atoms with E-state index in [1.54, 1.807) is 0 Å². The average Bonchev–Trinajstić information content (AvgIpc) is 2.31. The van der Waals surface area contributed by atoms with Gasteiger partial charge in [0, 0.05) is 23.6 Å². The van der Waals surface area contributed by atoms with Crippen molar-refractivity contribution in [2.75, 3.05) is 0 Å². The summed E-state index contributed by atoms with van der Waals surface area (Å²) in [5.74, 6) is -0.0923. The maximum atomic E-state index is 11.2. The molecular formula is C14H17NO5. The molecule has 0 bridgehead atoms. The lowest BCUT2D eigenvalue weighted by atomic mass is 9.91. The number of hydrogen-bond acceptors (Lipinski definition) is 5. The van der Waals surface area contributed by atoms with Gasteiger partial charge in [-0.1, -0.05) is 0 Å². The number of rotatable bonds is 2. The molecule has 20 heavy (non-hydrogen) atoms. The quantitative estimate of drug-likeness (QED) is 0.493. The van der Waals surface area contributed by atoms with Gasteiger partial charge in [-0.05, 0) is 32.9 Å². The first-order valence-electron chi connectivity index (χ1n) is 6.26. The van der Waals surface area contributed by atoms with Gasteiger partial charge in [0.2, 0.25) is 0 Å². The third-order valence-electron chi connectivity index (χ3n) is 3.03. The summed E-state index contributed by atoms with van der Waals surface area (Å²) in [5.41, 5.74) is 0.0765. The van der Waals surface area contributed by atoms with Crippen molar-refractivity contribution in [1.82, 2.24) is 0 Å². The zero-order chi connectivity index (χ0) is 15.1. The van der Waals surface area contributed by atoms with Gasteiger partial charge in [0.25, 0.3) is 5.70 Å². The number of nitro groups is 1. The zero-order valence-corrected chi connectivity index (χ0v) is 11.6. The fourth-order valence-corrected chi connectivity index (χ4v) is 2.25. The van der Waals surface area contributed by atoms with E-state index >= 15 is 0 Å². The Kier molecular flexibility index (Phi) is 3.43. The summed E-state index contributed by atoms with van der Waals surface area (Å²) in [4.78, 5) is 10.7. The molecule has 6 heteroatoms. The SMILES string of the molecule is CC(C)(C)O[C@H]1Cc2c(O)ccc(O)c2C=C1[N+](=O)[O-]. The van der Waals surface area contributed by atoms with Gasteiger partial charge in [-0.2, -0.15) is 0 Å². The van der Waals surface area contributed by atoms with Crippen molar-refractivity contribution in [3.63, 3.8) is 0 Å². The van der Waals surface area contributed by atoms with Crippen LogP contribution in [0.5, 0.6) is 11.5 Å². The maximum absolute atomic E-state index is 11.2. The highest BCUT2D eigenvalue weighted by Gasteiger charge is 2.35. The van der Waals surface area contributed by atoms with E-state index in [1.807, 2.05) is 20.8 Å². The number of nitrogens with zero attached hydrogens (tertiary/aromatic N) is 1. The lowest BCUT2D eigenvalue weighted by Crippen LogP contribution is -2.34. The van der Waals surface area contributed by atoms with Crippen LogP contribution in [0.25, 0.3) is 6.08 Å². The van der Waals surface area contributed by atoms with E-state index in [2.05, 4.69) is 0 Å². The first-order valence-corrected chi connectivity index (χ1v) is 6.26. The van der Waals surface area contributed by atoms with Crippen LogP contribution in [0.3, 0.4) is 0 Å². The molecule has 1 aromatic carbocycles. The van der Waals surface area contributed by atoms with Crippen LogP contribution in [0.1, 0.15) is 31.9 Å². The van der Waals surface area contributed by atoms with Crippen molar-refractivity contribution in [3.05, 3.63) is 39.1 Å². The molecule has 0 saturated heterocycles. The average molecular weight is 279 g/mol. The van der Waals surface area contributed by atoms with Crippen LogP contribution >= 0.6 is 0 Å². The standard InChI is InChI=1S/C14H17NO5/c1-14(2,3)20-13-7-9-8(6-10(13)15(18)19)11(16)4-5-12(9)17/h4-6,13,16-17H,7H2,1-3H3/t13-/m0/s1. The number of phenols is 2. The van der Waals surface area contributed by atoms with Gasteiger partial charge in [-0.25, -0.2) is 0 Å². The number of ether oxygens (including phenoxy) is 1. The van der Waals surface area contributed by atoms with Crippen molar-refractivity contribution in [2.24, 2.45) is 0 Å². The summed E-state index contributed by atoms with van der Waals surface area (Å²) in [6.07, 6.45) is 0.662. The third-order valence-corrected chi connectivity index (χ3v) is 3.03. The van der Waals surface area contributed by atoms with E-state index in [1.165, 1.54) is 18.2 Å². The van der Waals surface area contributed by atoms with Gasteiger partial charge in [-0.3, -0.25) is 10.1 Å². The van der Waals surface area contributed by atoms with E-state index < -0.39 is 16.6 Å². The molecule has 0 unspecified atom stereocenters. The second kappa shape index (κ2) is 4.79. The van der Waals surface area contributed by atoms with Crippen LogP contribution in [-0.4, -0.2) is 26.8 Å². The molecule has 0 heterocycles. The highest BCUT2D eigenvalue weighted by molar-refractivity contribution is 5.68. The molecule has 6 nitrogen and oxygen atoms in total. The van der Waals surface area contributed by atoms with E-state index in [-0.39, 0.29) is 29.2 Å². The summed E-state index contributed by atoms with van der Waals surface area (Å²) < 4.78 is 5.70. The monoisotopic (exact) mass is 279 g/mol. The zero-order valence-electron chi connectivity index (χ0n) is 11.6. The minimum Gasteiger partial charge on any atom is -0.508 e. The van der Waals surface area contributed by atoms with Crippen molar-refractivity contribution in [2.45, 2.75) is 38.9 Å². The second-order valence-electron chi connectivity index (χ2n) is 5.75. The van der Waals surface area contributed by atoms with Crippen molar-refractivity contribution in [1.29, 1.82) is 0 Å². The highest BCUT2D eigenvalue weighted by Crippen LogP contribution is 2.38. The fourth-order valence-electron chi connectivity index (χ4n) is 2.25. The predicted octanol–water partition coefficient (Wildman–Crippen LogP) is 2.46. The van der Waals surface area contributed by atoms with E-state index in [9.17, 15) is 20.3 Å². The van der Waals surface area contributed by atoms with Crippen molar-refractivity contribution in [3.8, 4) is 11.5 Å². The number of aromatic hydroxyl groups is 2. The Labute approximate surface area is 116 Å². The van der Waals surface area contributed by atoms with Crippen LogP contribution in [0.2, 0.25) is 0 Å². The largest absolute Gasteiger partial charge is 0.508 e. The van der Waals surface area contributed by atoms with Crippen LogP contribution in [0, 0.1) is 10.1 Å². The molecule has 2 N–H and O–H groups in total. The van der Waals surface area contributed by atoms with Crippen LogP contribution in [-0.2, 0) is 11.2 Å². The molecule has 0 aromatic heterocycles. The molecule has 0 spiro atoms. The summed E-state index contributed by atoms with van der Waals surface area (Å²) in [6, 6.07) is 2.68. The molecule has 0 radical (unpaired) electrons. The molecule has 1 aliphatic carbocycles. The predicted molar refractivity (Wildman–Crippen MR) is 73.1 cm³/mol. The lowest BCUT2D eigenvalue weighted by Gasteiger charge is -2.28. The van der Waals surface area contributed by atoms with Gasteiger partial charge in [0.05, 0.1) is 10.5 Å². The number of hydrogen-bond donors (Lipinski definition) is 2. The van der Waals surface area contributed by atoms with Crippen LogP contribution in [0.4, 0.5) is 0 Å². The Morgan fingerprint density at radius 3 is 2.45 bits per heavy atom. The van der Waals surface area contributed by atoms with Gasteiger partial charge in [0.1, 0.15) is 11.5 Å². The third kappa shape index (κ3) is 2.75. The Morgan fingerprint density at radius 2 is 1.90 bits per heavy atom. The minimum atomic E-state index is -0.759. The smallest absolute Gasteiger partial charge is 0.275 e. The first kappa shape index (κ1) is 14.3. The molecule has 1 aromatic rings. The minimum absolute atomic E-state index is 0.000966. The molecule has 108 valence electrons. The Bertz CT molecular complexity index is 586. The lowest BCUT2D eigenvalue weighted by molar-refractivity contribution is -0.437. The number of fused-ring (bicyclic) bond motifs is 1. The molecule has 0 aliphatic heterocycles. The maximum Gasteiger partial charge on any atom is 0.275 e. The van der Waals surface area contributed by atoms with Crippen LogP contribution < -0.4 is 0 Å². The molecule has 0 saturated carbocycles. The Hall–Kier alpha value is -2.08. The van der Waals surface area contributed by atoms with Gasteiger partial charge in [0.15, 0.2) is 6.10 Å². The summed E-state index contributed by atoms with van der Waals surface area (Å²) in [6.45, 7) is 5.42. The number of phenolic OH excluding ortho intramolecular Hbond substituents is 2. The second-order valence-corrected chi connectivity index (χ2v) is 5.75. The summed E-state index contributed by atoms with van der Waals surface area (Å²) >= 11 is 0. The van der Waals surface area contributed by atoms with Crippen LogP contribution in [0.15, 0.2) is 17.8 Å². The van der Waals surface area contributed by atoms with Crippen molar-refractivity contribution >= 4 is 6.08 Å². The highest BCUT2D eigenvalue weighted by atomic mass is 16.6. The Balaban J connectivity index is 2.51. The van der Waals surface area contributed by atoms with Gasteiger partial charge in [-0.15, -0.1) is 0 Å². The molecule has 1 aliphatic rings. The summed E-state index contributed by atoms with van der Waals surface area (Å²) in [7, 11) is 0. The molecule has 0 fully saturated rings. The van der Waals surface area contributed by atoms with E-state index in [4.69, 9.17) is 4.74 Å². The van der Waals surface area contributed by atoms with Gasteiger partial charge < -0.3 is 14.9 Å². The Morgan fingerprint density at radius 1 is 1.30 bits per heavy atom. The molecule has 1 atom stereocenters. The normalized spacial score (nSPS) is 18.4. The van der Waals surface area contributed by atoms with Crippen molar-refractivity contribution < 1.29 is 19.9 Å². The molecule has 2 rings (SSSR count). The summed E-state index contributed by atoms with van der Waals surface area (Å²) in [5, 5.41) is 30.8. The van der Waals surface area contributed by atoms with Gasteiger partial charge >= 0.3 is 0 Å². The number of benzene rings is 1. The molecular weight excluding hydrogens is 262 g/mol. The van der Waals surface area contributed by atoms with E-state index in [0.29, 0.717) is 5.56 Å². The molecule has 0 amide bonds. The fraction of sp³-hybridized carbons (Fsp3) is 0.429. The first-order chi connectivity index (χ1) is 9.19.